The van der Waals surface area contributed by atoms with Gasteiger partial charge in [0.25, 0.3) is 0 Å². The summed E-state index contributed by atoms with van der Waals surface area (Å²) in [4.78, 5) is 0. The molecule has 0 aliphatic carbocycles. The molecule has 0 aliphatic rings. The SMILES string of the molecule is N#Cc1ccc(N)c(Nc2ccc(C(F)(F)F)cc2)c1. The zero-order chi connectivity index (χ0) is 14.8. The van der Waals surface area contributed by atoms with Crippen LogP contribution in [0.4, 0.5) is 30.2 Å². The van der Waals surface area contributed by atoms with E-state index in [4.69, 9.17) is 11.0 Å². The van der Waals surface area contributed by atoms with E-state index in [9.17, 15) is 13.2 Å². The number of nitrogens with two attached hydrogens (primary N) is 1. The van der Waals surface area contributed by atoms with Crippen molar-refractivity contribution in [3.05, 3.63) is 53.6 Å². The Morgan fingerprint density at radius 1 is 1.05 bits per heavy atom. The highest BCUT2D eigenvalue weighted by molar-refractivity contribution is 5.74. The van der Waals surface area contributed by atoms with Gasteiger partial charge in [0.1, 0.15) is 0 Å². The van der Waals surface area contributed by atoms with Crippen LogP contribution in [0.2, 0.25) is 0 Å². The van der Waals surface area contributed by atoms with Gasteiger partial charge in [-0.1, -0.05) is 0 Å². The number of rotatable bonds is 2. The minimum absolute atomic E-state index is 0.406. The lowest BCUT2D eigenvalue weighted by molar-refractivity contribution is -0.137. The highest BCUT2D eigenvalue weighted by Gasteiger charge is 2.29. The molecule has 0 amide bonds. The Morgan fingerprint density at radius 2 is 1.70 bits per heavy atom. The number of alkyl halides is 3. The quantitative estimate of drug-likeness (QED) is 0.818. The molecule has 6 heteroatoms. The first-order chi connectivity index (χ1) is 9.40. The summed E-state index contributed by atoms with van der Waals surface area (Å²) in [5.41, 5.74) is 6.77. The molecule has 2 aromatic rings. The first kappa shape index (κ1) is 13.7. The maximum atomic E-state index is 12.4. The number of hydrogen-bond donors (Lipinski definition) is 2. The number of halogens is 3. The van der Waals surface area contributed by atoms with Gasteiger partial charge in [0.15, 0.2) is 0 Å². The Hall–Kier alpha value is -2.68. The summed E-state index contributed by atoms with van der Waals surface area (Å²) >= 11 is 0. The van der Waals surface area contributed by atoms with Crippen LogP contribution in [-0.4, -0.2) is 0 Å². The molecule has 0 saturated carbocycles. The van der Waals surface area contributed by atoms with Crippen molar-refractivity contribution in [1.82, 2.24) is 0 Å². The molecule has 0 aliphatic heterocycles. The van der Waals surface area contributed by atoms with Gasteiger partial charge in [0.05, 0.1) is 28.6 Å². The maximum Gasteiger partial charge on any atom is 0.416 e. The van der Waals surface area contributed by atoms with Crippen molar-refractivity contribution < 1.29 is 13.2 Å². The third-order valence-electron chi connectivity index (χ3n) is 2.67. The van der Waals surface area contributed by atoms with Gasteiger partial charge in [-0.2, -0.15) is 18.4 Å². The number of anilines is 3. The lowest BCUT2D eigenvalue weighted by atomic mass is 10.1. The molecule has 0 fully saturated rings. The summed E-state index contributed by atoms with van der Waals surface area (Å²) in [6, 6.07) is 11.2. The second-order valence-electron chi connectivity index (χ2n) is 4.11. The predicted octanol–water partition coefficient (Wildman–Crippen LogP) is 3.90. The fraction of sp³-hybridized carbons (Fsp3) is 0.0714. The van der Waals surface area contributed by atoms with Crippen LogP contribution in [0, 0.1) is 11.3 Å². The fourth-order valence-corrected chi connectivity index (χ4v) is 1.63. The highest BCUT2D eigenvalue weighted by Crippen LogP contribution is 2.31. The standard InChI is InChI=1S/C14H10F3N3/c15-14(16,17)10-2-4-11(5-3-10)20-13-7-9(8-18)1-6-12(13)19/h1-7,20H,19H2. The van der Waals surface area contributed by atoms with E-state index in [2.05, 4.69) is 5.32 Å². The average Bonchev–Trinajstić information content (AvgIpc) is 2.41. The number of nitrogens with zero attached hydrogens (tertiary/aromatic N) is 1. The van der Waals surface area contributed by atoms with Gasteiger partial charge in [-0.25, -0.2) is 0 Å². The van der Waals surface area contributed by atoms with Crippen LogP contribution >= 0.6 is 0 Å². The molecule has 0 aromatic heterocycles. The lowest BCUT2D eigenvalue weighted by Gasteiger charge is -2.11. The van der Waals surface area contributed by atoms with Crippen molar-refractivity contribution in [2.24, 2.45) is 0 Å². The van der Waals surface area contributed by atoms with E-state index in [-0.39, 0.29) is 0 Å². The molecule has 3 N–H and O–H groups in total. The summed E-state index contributed by atoms with van der Waals surface area (Å²) in [5.74, 6) is 0. The van der Waals surface area contributed by atoms with Crippen molar-refractivity contribution in [2.75, 3.05) is 11.1 Å². The van der Waals surface area contributed by atoms with Crippen LogP contribution < -0.4 is 11.1 Å². The Bertz CT molecular complexity index is 655. The summed E-state index contributed by atoms with van der Waals surface area (Å²) < 4.78 is 37.3. The van der Waals surface area contributed by atoms with Crippen LogP contribution in [0.3, 0.4) is 0 Å². The van der Waals surface area contributed by atoms with E-state index in [0.29, 0.717) is 22.6 Å². The second-order valence-corrected chi connectivity index (χ2v) is 4.11. The van der Waals surface area contributed by atoms with Crippen molar-refractivity contribution in [3.63, 3.8) is 0 Å². The van der Waals surface area contributed by atoms with Crippen LogP contribution in [-0.2, 0) is 6.18 Å². The van der Waals surface area contributed by atoms with Crippen LogP contribution in [0.1, 0.15) is 11.1 Å². The smallest absolute Gasteiger partial charge is 0.397 e. The molecule has 0 saturated heterocycles. The van der Waals surface area contributed by atoms with E-state index >= 15 is 0 Å². The van der Waals surface area contributed by atoms with Gasteiger partial charge in [-0.15, -0.1) is 0 Å². The third kappa shape index (κ3) is 3.01. The molecule has 0 bridgehead atoms. The van der Waals surface area contributed by atoms with Gasteiger partial charge in [-0.05, 0) is 42.5 Å². The fourth-order valence-electron chi connectivity index (χ4n) is 1.63. The van der Waals surface area contributed by atoms with Crippen LogP contribution in [0.25, 0.3) is 0 Å². The topological polar surface area (TPSA) is 61.8 Å². The number of hydrogen-bond acceptors (Lipinski definition) is 3. The van der Waals surface area contributed by atoms with E-state index in [1.165, 1.54) is 18.2 Å². The first-order valence-corrected chi connectivity index (χ1v) is 5.64. The zero-order valence-corrected chi connectivity index (χ0v) is 10.2. The monoisotopic (exact) mass is 277 g/mol. The molecule has 102 valence electrons. The Kier molecular flexibility index (Phi) is 3.53. The van der Waals surface area contributed by atoms with Gasteiger partial charge in [0.2, 0.25) is 0 Å². The van der Waals surface area contributed by atoms with Crippen LogP contribution in [0.5, 0.6) is 0 Å². The third-order valence-corrected chi connectivity index (χ3v) is 2.67. The molecule has 0 spiro atoms. The Balaban J connectivity index is 2.25. The number of nitriles is 1. The van der Waals surface area contributed by atoms with E-state index in [0.717, 1.165) is 12.1 Å². The zero-order valence-electron chi connectivity index (χ0n) is 10.2. The number of nitrogens with one attached hydrogen (secondary N) is 1. The summed E-state index contributed by atoms with van der Waals surface area (Å²) in [6.45, 7) is 0. The van der Waals surface area contributed by atoms with Gasteiger partial charge in [-0.3, -0.25) is 0 Å². The highest BCUT2D eigenvalue weighted by atomic mass is 19.4. The van der Waals surface area contributed by atoms with E-state index in [1.54, 1.807) is 12.1 Å². The summed E-state index contributed by atoms with van der Waals surface area (Å²) in [6.07, 6.45) is -4.36. The predicted molar refractivity (Wildman–Crippen MR) is 70.3 cm³/mol. The Labute approximate surface area is 113 Å². The van der Waals surface area contributed by atoms with Crippen molar-refractivity contribution >= 4 is 17.1 Å². The molecule has 0 atom stereocenters. The minimum atomic E-state index is -4.36. The van der Waals surface area contributed by atoms with Gasteiger partial charge < -0.3 is 11.1 Å². The summed E-state index contributed by atoms with van der Waals surface area (Å²) in [5, 5.41) is 11.7. The van der Waals surface area contributed by atoms with E-state index in [1.807, 2.05) is 6.07 Å². The minimum Gasteiger partial charge on any atom is -0.397 e. The maximum absolute atomic E-state index is 12.4. The number of nitrogen functional groups attached to an aromatic ring is 1. The molecule has 0 heterocycles. The molecule has 2 aromatic carbocycles. The summed E-state index contributed by atoms with van der Waals surface area (Å²) in [7, 11) is 0. The molecule has 20 heavy (non-hydrogen) atoms. The Morgan fingerprint density at radius 3 is 2.25 bits per heavy atom. The number of benzene rings is 2. The second kappa shape index (κ2) is 5.13. The van der Waals surface area contributed by atoms with Gasteiger partial charge in [0, 0.05) is 5.69 Å². The largest absolute Gasteiger partial charge is 0.416 e. The molecular formula is C14H10F3N3. The molecule has 3 nitrogen and oxygen atoms in total. The first-order valence-electron chi connectivity index (χ1n) is 5.64. The molecule has 2 rings (SSSR count). The van der Waals surface area contributed by atoms with Crippen molar-refractivity contribution in [2.45, 2.75) is 6.18 Å². The molecular weight excluding hydrogens is 267 g/mol. The van der Waals surface area contributed by atoms with E-state index < -0.39 is 11.7 Å². The molecule has 0 radical (unpaired) electrons. The molecule has 0 unspecified atom stereocenters. The van der Waals surface area contributed by atoms with Crippen molar-refractivity contribution in [1.29, 1.82) is 5.26 Å². The average molecular weight is 277 g/mol. The lowest BCUT2D eigenvalue weighted by Crippen LogP contribution is -2.04. The normalized spacial score (nSPS) is 10.9. The van der Waals surface area contributed by atoms with Gasteiger partial charge >= 0.3 is 6.18 Å². The van der Waals surface area contributed by atoms with Crippen LogP contribution in [0.15, 0.2) is 42.5 Å². The van der Waals surface area contributed by atoms with Crippen molar-refractivity contribution in [3.8, 4) is 6.07 Å².